The molecule has 1 unspecified atom stereocenters. The van der Waals surface area contributed by atoms with Crippen molar-refractivity contribution in [3.05, 3.63) is 127 Å². The highest BCUT2D eigenvalue weighted by Gasteiger charge is 2.33. The number of rotatable bonds is 9. The zero-order valence-electron chi connectivity index (χ0n) is 26.3. The molecule has 0 aliphatic carbocycles. The molecule has 2 aromatic heterocycles. The largest absolute Gasteiger partial charge is 0.494 e. The molecule has 11 heteroatoms. The van der Waals surface area contributed by atoms with Gasteiger partial charge in [0.25, 0.3) is 5.56 Å². The predicted molar refractivity (Wildman–Crippen MR) is 178 cm³/mol. The maximum atomic E-state index is 14.3. The van der Waals surface area contributed by atoms with Gasteiger partial charge >= 0.3 is 11.9 Å². The topological polar surface area (TPSA) is 114 Å². The second kappa shape index (κ2) is 13.4. The molecule has 1 atom stereocenters. The van der Waals surface area contributed by atoms with Gasteiger partial charge in [0.05, 0.1) is 40.7 Å². The molecule has 0 bridgehead atoms. The van der Waals surface area contributed by atoms with Crippen LogP contribution in [-0.4, -0.2) is 39.5 Å². The minimum atomic E-state index is -0.809. The maximum Gasteiger partial charge on any atom is 0.338 e. The molecule has 6 rings (SSSR count). The van der Waals surface area contributed by atoms with Crippen molar-refractivity contribution in [2.45, 2.75) is 33.7 Å². The average molecular weight is 649 g/mol. The Morgan fingerprint density at radius 2 is 1.64 bits per heavy atom. The number of allylic oxidation sites excluding steroid dienone is 1. The Labute approximate surface area is 274 Å². The standard InChI is InChI=1S/C36H32N4O6S/c1-5-44-28-16-12-24(13-17-28)32-26(21-39(38-32)27-10-8-7-9-11-27)20-30-34(42)40-33(25-14-18-29(19-15-25)46-23(4)41)31(35(43)45-6-2)22(3)37-36(40)47-30/h7-21,33H,5-6H2,1-4H3/b30-20-. The van der Waals surface area contributed by atoms with Crippen molar-refractivity contribution in [1.29, 1.82) is 0 Å². The monoisotopic (exact) mass is 648 g/mol. The summed E-state index contributed by atoms with van der Waals surface area (Å²) in [6, 6.07) is 23.3. The van der Waals surface area contributed by atoms with E-state index in [1.807, 2.05) is 73.8 Å². The lowest BCUT2D eigenvalue weighted by molar-refractivity contribution is -0.139. The summed E-state index contributed by atoms with van der Waals surface area (Å²) in [6.07, 6.45) is 3.70. The Bertz CT molecular complexity index is 2160. The first-order valence-corrected chi connectivity index (χ1v) is 16.0. The van der Waals surface area contributed by atoms with Crippen LogP contribution in [0.3, 0.4) is 0 Å². The number of thiazole rings is 1. The normalized spacial score (nSPS) is 14.4. The second-order valence-electron chi connectivity index (χ2n) is 10.6. The molecule has 238 valence electrons. The zero-order chi connectivity index (χ0) is 33.1. The summed E-state index contributed by atoms with van der Waals surface area (Å²) in [6.45, 7) is 7.44. The highest BCUT2D eigenvalue weighted by molar-refractivity contribution is 7.07. The van der Waals surface area contributed by atoms with Gasteiger partial charge < -0.3 is 14.2 Å². The van der Waals surface area contributed by atoms with E-state index in [0.29, 0.717) is 38.6 Å². The van der Waals surface area contributed by atoms with Gasteiger partial charge in [0, 0.05) is 24.2 Å². The van der Waals surface area contributed by atoms with E-state index in [1.165, 1.54) is 22.8 Å². The molecule has 0 amide bonds. The summed E-state index contributed by atoms with van der Waals surface area (Å²) < 4.78 is 20.0. The van der Waals surface area contributed by atoms with Crippen LogP contribution >= 0.6 is 11.3 Å². The molecule has 3 heterocycles. The van der Waals surface area contributed by atoms with Crippen molar-refractivity contribution < 1.29 is 23.8 Å². The van der Waals surface area contributed by atoms with Crippen molar-refractivity contribution in [2.24, 2.45) is 4.99 Å². The summed E-state index contributed by atoms with van der Waals surface area (Å²) in [5.41, 5.74) is 4.17. The highest BCUT2D eigenvalue weighted by atomic mass is 32.1. The molecular weight excluding hydrogens is 616 g/mol. The molecule has 10 nitrogen and oxygen atoms in total. The molecule has 0 saturated heterocycles. The summed E-state index contributed by atoms with van der Waals surface area (Å²) in [5.74, 6) is 0.0967. The molecule has 47 heavy (non-hydrogen) atoms. The number of hydrogen-bond donors (Lipinski definition) is 0. The molecule has 1 aliphatic rings. The molecule has 5 aromatic rings. The van der Waals surface area contributed by atoms with Gasteiger partial charge in [0.1, 0.15) is 17.2 Å². The number of ether oxygens (including phenoxy) is 3. The molecule has 0 radical (unpaired) electrons. The molecule has 0 spiro atoms. The maximum absolute atomic E-state index is 14.3. The molecular formula is C36H32N4O6S. The van der Waals surface area contributed by atoms with E-state index in [-0.39, 0.29) is 17.7 Å². The number of hydrogen-bond acceptors (Lipinski definition) is 9. The first-order valence-electron chi connectivity index (χ1n) is 15.1. The first-order chi connectivity index (χ1) is 22.8. The van der Waals surface area contributed by atoms with Gasteiger partial charge in [-0.15, -0.1) is 0 Å². The van der Waals surface area contributed by atoms with E-state index in [4.69, 9.17) is 19.3 Å². The summed E-state index contributed by atoms with van der Waals surface area (Å²) in [7, 11) is 0. The number of esters is 2. The van der Waals surface area contributed by atoms with Crippen molar-refractivity contribution in [3.8, 4) is 28.4 Å². The summed E-state index contributed by atoms with van der Waals surface area (Å²) in [5, 5.41) is 4.90. The zero-order valence-corrected chi connectivity index (χ0v) is 27.1. The van der Waals surface area contributed by atoms with Crippen LogP contribution in [0.4, 0.5) is 0 Å². The number of fused-ring (bicyclic) bond motifs is 1. The Hall–Kier alpha value is -5.55. The van der Waals surface area contributed by atoms with Crippen molar-refractivity contribution in [3.63, 3.8) is 0 Å². The SMILES string of the molecule is CCOC(=O)C1=C(C)N=c2s/c(=C\c3cn(-c4ccccc4)nc3-c3ccc(OCC)cc3)c(=O)n2C1c1ccc(OC(C)=O)cc1. The fourth-order valence-corrected chi connectivity index (χ4v) is 6.48. The van der Waals surface area contributed by atoms with Crippen LogP contribution in [0, 0.1) is 0 Å². The minimum Gasteiger partial charge on any atom is -0.494 e. The third kappa shape index (κ3) is 6.43. The number of para-hydroxylation sites is 1. The third-order valence-corrected chi connectivity index (χ3v) is 8.45. The van der Waals surface area contributed by atoms with Gasteiger partial charge in [-0.3, -0.25) is 14.2 Å². The second-order valence-corrected chi connectivity index (χ2v) is 11.6. The number of benzene rings is 3. The van der Waals surface area contributed by atoms with Gasteiger partial charge in [-0.1, -0.05) is 41.7 Å². The van der Waals surface area contributed by atoms with E-state index < -0.39 is 18.0 Å². The fraction of sp³-hybridized carbons (Fsp3) is 0.194. The van der Waals surface area contributed by atoms with E-state index in [0.717, 1.165) is 22.6 Å². The van der Waals surface area contributed by atoms with Gasteiger partial charge in [-0.05, 0) is 80.9 Å². The molecule has 0 N–H and O–H groups in total. The molecule has 0 fully saturated rings. The lowest BCUT2D eigenvalue weighted by atomic mass is 9.96. The number of carbonyl (C=O) groups is 2. The molecule has 1 aliphatic heterocycles. The fourth-order valence-electron chi connectivity index (χ4n) is 5.44. The smallest absolute Gasteiger partial charge is 0.338 e. The van der Waals surface area contributed by atoms with Crippen LogP contribution in [-0.2, 0) is 14.3 Å². The van der Waals surface area contributed by atoms with Crippen molar-refractivity contribution in [1.82, 2.24) is 14.3 Å². The molecule has 3 aromatic carbocycles. The lowest BCUT2D eigenvalue weighted by Gasteiger charge is -2.24. The van der Waals surface area contributed by atoms with E-state index >= 15 is 0 Å². The summed E-state index contributed by atoms with van der Waals surface area (Å²) in [4.78, 5) is 44.2. The Morgan fingerprint density at radius 3 is 2.30 bits per heavy atom. The summed E-state index contributed by atoms with van der Waals surface area (Å²) >= 11 is 1.23. The Kier molecular flexibility index (Phi) is 8.99. The third-order valence-electron chi connectivity index (χ3n) is 7.46. The van der Waals surface area contributed by atoms with E-state index in [9.17, 15) is 14.4 Å². The number of nitrogens with zero attached hydrogens (tertiary/aromatic N) is 4. The number of aromatic nitrogens is 3. The highest BCUT2D eigenvalue weighted by Crippen LogP contribution is 2.32. The number of carbonyl (C=O) groups excluding carboxylic acids is 2. The van der Waals surface area contributed by atoms with Crippen LogP contribution in [0.1, 0.15) is 44.9 Å². The van der Waals surface area contributed by atoms with Crippen LogP contribution in [0.5, 0.6) is 11.5 Å². The van der Waals surface area contributed by atoms with Gasteiger partial charge in [-0.25, -0.2) is 14.5 Å². The predicted octanol–water partition coefficient (Wildman–Crippen LogP) is 4.98. The Morgan fingerprint density at radius 1 is 0.936 bits per heavy atom. The van der Waals surface area contributed by atoms with Crippen LogP contribution in [0.2, 0.25) is 0 Å². The lowest BCUT2D eigenvalue weighted by Crippen LogP contribution is -2.39. The first kappa shape index (κ1) is 31.4. The van der Waals surface area contributed by atoms with Gasteiger partial charge in [0.2, 0.25) is 0 Å². The van der Waals surface area contributed by atoms with Crippen molar-refractivity contribution >= 4 is 29.4 Å². The Balaban J connectivity index is 1.52. The van der Waals surface area contributed by atoms with E-state index in [2.05, 4.69) is 4.99 Å². The van der Waals surface area contributed by atoms with Crippen LogP contribution < -0.4 is 24.4 Å². The quantitative estimate of drug-likeness (QED) is 0.164. The van der Waals surface area contributed by atoms with E-state index in [1.54, 1.807) is 42.8 Å². The minimum absolute atomic E-state index is 0.165. The average Bonchev–Trinajstić information content (AvgIpc) is 3.62. The van der Waals surface area contributed by atoms with Crippen molar-refractivity contribution in [2.75, 3.05) is 13.2 Å². The van der Waals surface area contributed by atoms with Crippen LogP contribution in [0.15, 0.2) is 106 Å². The van der Waals surface area contributed by atoms with Gasteiger partial charge in [-0.2, -0.15) is 5.10 Å². The van der Waals surface area contributed by atoms with Gasteiger partial charge in [0.15, 0.2) is 4.80 Å². The van der Waals surface area contributed by atoms with Crippen LogP contribution in [0.25, 0.3) is 23.0 Å². The molecule has 0 saturated carbocycles.